The van der Waals surface area contributed by atoms with Crippen molar-refractivity contribution in [2.24, 2.45) is 0 Å². The van der Waals surface area contributed by atoms with E-state index in [0.29, 0.717) is 11.1 Å². The van der Waals surface area contributed by atoms with Crippen LogP contribution in [-0.2, 0) is 32.3 Å². The van der Waals surface area contributed by atoms with E-state index in [1.165, 1.54) is 50.9 Å². The van der Waals surface area contributed by atoms with Crippen molar-refractivity contribution in [3.8, 4) is 0 Å². The standard InChI is InChI=1S/C24H20F3N5O4S2.H2/c25-24(26,27)17-2-1-16-7-9-30(20(16)13-17)14-21(33)31-10-11-32(22(34)15-31)18-3-5-19(6-4-18)38(35,36)29-23-28-8-12-37-23;/h1-9,12-13H,10-11,14-15H2,(H,28,29);1H. The lowest BCUT2D eigenvalue weighted by molar-refractivity contribution is -0.137. The highest BCUT2D eigenvalue weighted by molar-refractivity contribution is 7.93. The molecule has 0 radical (unpaired) electrons. The number of nitrogens with zero attached hydrogens (tertiary/aromatic N) is 4. The zero-order valence-corrected chi connectivity index (χ0v) is 21.2. The van der Waals surface area contributed by atoms with Gasteiger partial charge in [0.05, 0.1) is 10.5 Å². The van der Waals surface area contributed by atoms with Gasteiger partial charge in [0.1, 0.15) is 13.1 Å². The number of aromatic nitrogens is 2. The summed E-state index contributed by atoms with van der Waals surface area (Å²) in [5, 5.41) is 2.44. The Bertz CT molecular complexity index is 1610. The summed E-state index contributed by atoms with van der Waals surface area (Å²) in [6.45, 7) is -0.0316. The molecule has 200 valence electrons. The van der Waals surface area contributed by atoms with Gasteiger partial charge in [-0.3, -0.25) is 14.3 Å². The highest BCUT2D eigenvalue weighted by atomic mass is 32.2. The van der Waals surface area contributed by atoms with E-state index in [1.807, 2.05) is 0 Å². The number of piperazine rings is 1. The van der Waals surface area contributed by atoms with Crippen molar-refractivity contribution in [2.75, 3.05) is 29.3 Å². The Balaban J connectivity index is 0.00000353. The largest absolute Gasteiger partial charge is 0.416 e. The number of halogens is 3. The van der Waals surface area contributed by atoms with Crippen LogP contribution in [-0.4, -0.2) is 54.3 Å². The number of carbonyl (C=O) groups excluding carboxylic acids is 2. The van der Waals surface area contributed by atoms with E-state index in [4.69, 9.17) is 0 Å². The molecule has 0 spiro atoms. The minimum atomic E-state index is -4.50. The van der Waals surface area contributed by atoms with Gasteiger partial charge in [0.2, 0.25) is 11.8 Å². The second-order valence-electron chi connectivity index (χ2n) is 8.51. The Hall–Kier alpha value is -3.91. The van der Waals surface area contributed by atoms with E-state index in [1.54, 1.807) is 17.6 Å². The number of hydrogen-bond acceptors (Lipinski definition) is 6. The van der Waals surface area contributed by atoms with Gasteiger partial charge in [-0.25, -0.2) is 13.4 Å². The molecule has 2 amide bonds. The first-order valence-corrected chi connectivity index (χ1v) is 13.6. The number of thiazole rings is 1. The molecule has 0 bridgehead atoms. The molecular formula is C24H22F3N5O4S2. The molecule has 0 aliphatic carbocycles. The number of nitrogens with one attached hydrogen (secondary N) is 1. The number of fused-ring (bicyclic) bond motifs is 1. The van der Waals surface area contributed by atoms with Crippen LogP contribution in [0.15, 0.2) is 71.2 Å². The lowest BCUT2D eigenvalue weighted by atomic mass is 10.1. The van der Waals surface area contributed by atoms with Crippen LogP contribution in [0.2, 0.25) is 0 Å². The number of alkyl halides is 3. The average Bonchev–Trinajstić information content (AvgIpc) is 3.53. The highest BCUT2D eigenvalue weighted by Crippen LogP contribution is 2.32. The molecule has 3 heterocycles. The molecule has 9 nitrogen and oxygen atoms in total. The van der Waals surface area contributed by atoms with Gasteiger partial charge in [-0.2, -0.15) is 13.2 Å². The Kier molecular flexibility index (Phi) is 6.61. The second-order valence-corrected chi connectivity index (χ2v) is 11.1. The maximum absolute atomic E-state index is 13.1. The van der Waals surface area contributed by atoms with Gasteiger partial charge in [0.25, 0.3) is 10.0 Å². The van der Waals surface area contributed by atoms with E-state index in [-0.39, 0.29) is 49.1 Å². The molecule has 2 aromatic heterocycles. The van der Waals surface area contributed by atoms with E-state index >= 15 is 0 Å². The van der Waals surface area contributed by atoms with Crippen LogP contribution in [0.25, 0.3) is 10.9 Å². The SMILES string of the molecule is O=C(Cn1ccc2ccc(C(F)(F)F)cc21)N1CCN(c2ccc(S(=O)(=O)Nc3nccs3)cc2)C(=O)C1.[HH]. The van der Waals surface area contributed by atoms with E-state index < -0.39 is 27.7 Å². The van der Waals surface area contributed by atoms with Gasteiger partial charge in [-0.1, -0.05) is 6.07 Å². The Morgan fingerprint density at radius 1 is 1.11 bits per heavy atom. The zero-order chi connectivity index (χ0) is 27.1. The summed E-state index contributed by atoms with van der Waals surface area (Å²) in [5.74, 6) is -0.763. The van der Waals surface area contributed by atoms with Crippen LogP contribution >= 0.6 is 11.3 Å². The van der Waals surface area contributed by atoms with Gasteiger partial charge in [-0.05, 0) is 47.9 Å². The van der Waals surface area contributed by atoms with Crippen LogP contribution in [0.3, 0.4) is 0 Å². The first kappa shape index (κ1) is 25.7. The molecule has 1 fully saturated rings. The van der Waals surface area contributed by atoms with Crippen LogP contribution in [0, 0.1) is 0 Å². The summed E-state index contributed by atoms with van der Waals surface area (Å²) >= 11 is 1.14. The van der Waals surface area contributed by atoms with Crippen molar-refractivity contribution in [2.45, 2.75) is 17.6 Å². The molecular weight excluding hydrogens is 543 g/mol. The van der Waals surface area contributed by atoms with Crippen molar-refractivity contribution >= 4 is 54.9 Å². The first-order valence-electron chi connectivity index (χ1n) is 11.3. The number of hydrogen-bond donors (Lipinski definition) is 1. The first-order chi connectivity index (χ1) is 18.0. The lowest BCUT2D eigenvalue weighted by Gasteiger charge is -2.34. The highest BCUT2D eigenvalue weighted by Gasteiger charge is 2.31. The number of amides is 2. The van der Waals surface area contributed by atoms with Gasteiger partial charge in [-0.15, -0.1) is 11.3 Å². The van der Waals surface area contributed by atoms with E-state index in [9.17, 15) is 31.2 Å². The Morgan fingerprint density at radius 2 is 1.87 bits per heavy atom. The molecule has 2 aromatic carbocycles. The van der Waals surface area contributed by atoms with Crippen molar-refractivity contribution < 1.29 is 32.6 Å². The van der Waals surface area contributed by atoms with Crippen molar-refractivity contribution in [1.82, 2.24) is 14.5 Å². The molecule has 1 aliphatic heterocycles. The average molecular weight is 566 g/mol. The quantitative estimate of drug-likeness (QED) is 0.380. The zero-order valence-electron chi connectivity index (χ0n) is 19.6. The summed E-state index contributed by atoms with van der Waals surface area (Å²) in [4.78, 5) is 32.4. The van der Waals surface area contributed by atoms with Crippen molar-refractivity contribution in [3.05, 3.63) is 71.9 Å². The van der Waals surface area contributed by atoms with Gasteiger partial charge < -0.3 is 14.4 Å². The normalized spacial score (nSPS) is 14.8. The monoisotopic (exact) mass is 565 g/mol. The smallest absolute Gasteiger partial charge is 0.338 e. The topological polar surface area (TPSA) is 105 Å². The fraction of sp³-hybridized carbons (Fsp3) is 0.208. The van der Waals surface area contributed by atoms with Crippen LogP contribution in [0.1, 0.15) is 6.99 Å². The van der Waals surface area contributed by atoms with Crippen LogP contribution in [0.4, 0.5) is 24.0 Å². The van der Waals surface area contributed by atoms with Crippen LogP contribution in [0.5, 0.6) is 0 Å². The molecule has 5 rings (SSSR count). The molecule has 0 saturated carbocycles. The second kappa shape index (κ2) is 9.76. The fourth-order valence-corrected chi connectivity index (χ4v) is 5.94. The van der Waals surface area contributed by atoms with Crippen molar-refractivity contribution in [3.63, 3.8) is 0 Å². The Labute approximate surface area is 220 Å². The third kappa shape index (κ3) is 5.22. The molecule has 14 heteroatoms. The Morgan fingerprint density at radius 3 is 2.53 bits per heavy atom. The predicted octanol–water partition coefficient (Wildman–Crippen LogP) is 4.04. The molecule has 4 aromatic rings. The van der Waals surface area contributed by atoms with Gasteiger partial charge >= 0.3 is 6.18 Å². The number of anilines is 2. The minimum absolute atomic E-state index is 0. The van der Waals surface area contributed by atoms with Gasteiger partial charge in [0, 0.05) is 43.5 Å². The predicted molar refractivity (Wildman–Crippen MR) is 137 cm³/mol. The third-order valence-corrected chi connectivity index (χ3v) is 8.27. The summed E-state index contributed by atoms with van der Waals surface area (Å²) in [5.41, 5.74) is -0.0529. The van der Waals surface area contributed by atoms with E-state index in [0.717, 1.165) is 23.5 Å². The summed E-state index contributed by atoms with van der Waals surface area (Å²) in [6, 6.07) is 10.7. The number of rotatable bonds is 6. The van der Waals surface area contributed by atoms with Gasteiger partial charge in [0.15, 0.2) is 5.13 Å². The number of sulfonamides is 1. The molecule has 1 aliphatic rings. The fourth-order valence-electron chi connectivity index (χ4n) is 4.16. The maximum Gasteiger partial charge on any atom is 0.416 e. The summed E-state index contributed by atoms with van der Waals surface area (Å²) in [7, 11) is -3.84. The molecule has 0 unspecified atom stereocenters. The minimum Gasteiger partial charge on any atom is -0.338 e. The van der Waals surface area contributed by atoms with E-state index in [2.05, 4.69) is 9.71 Å². The summed E-state index contributed by atoms with van der Waals surface area (Å²) in [6.07, 6.45) is -1.48. The molecule has 1 N–H and O–H groups in total. The maximum atomic E-state index is 13.1. The lowest BCUT2D eigenvalue weighted by Crippen LogP contribution is -2.53. The molecule has 0 atom stereocenters. The summed E-state index contributed by atoms with van der Waals surface area (Å²) < 4.78 is 68.2. The third-order valence-electron chi connectivity index (χ3n) is 6.09. The van der Waals surface area contributed by atoms with Crippen LogP contribution < -0.4 is 9.62 Å². The molecule has 1 saturated heterocycles. The number of benzene rings is 2. The molecule has 38 heavy (non-hydrogen) atoms. The van der Waals surface area contributed by atoms with Crippen molar-refractivity contribution in [1.29, 1.82) is 0 Å². The number of carbonyl (C=O) groups is 2.